The van der Waals surface area contributed by atoms with E-state index in [9.17, 15) is 32.3 Å². The Hall–Kier alpha value is -5.64. The molecule has 5 amide bonds. The topological polar surface area (TPSA) is 163 Å². The molecule has 1 aromatic heterocycles. The van der Waals surface area contributed by atoms with Crippen molar-refractivity contribution in [1.29, 1.82) is 0 Å². The maximum atomic E-state index is 13.9. The van der Waals surface area contributed by atoms with E-state index in [1.807, 2.05) is 29.0 Å². The van der Waals surface area contributed by atoms with Crippen molar-refractivity contribution in [2.45, 2.75) is 103 Å². The van der Waals surface area contributed by atoms with Crippen LogP contribution in [0.3, 0.4) is 0 Å². The number of carbonyl (C=O) groups excluding carboxylic acids is 4. The van der Waals surface area contributed by atoms with E-state index in [1.54, 1.807) is 39.2 Å². The Morgan fingerprint density at radius 3 is 2.36 bits per heavy atom. The molecule has 2 aliphatic carbocycles. The zero-order chi connectivity index (χ0) is 47.1. The average molecular weight is 932 g/mol. The molecule has 3 aromatic carbocycles. The molecular formula is C49H58ClF3N8O5. The first-order chi connectivity index (χ1) is 31.4. The maximum absolute atomic E-state index is 13.9. The highest BCUT2D eigenvalue weighted by Gasteiger charge is 2.40. The minimum Gasteiger partial charge on any atom is -0.496 e. The molecular weight excluding hydrogens is 873 g/mol. The van der Waals surface area contributed by atoms with Gasteiger partial charge < -0.3 is 25.6 Å². The lowest BCUT2D eigenvalue weighted by Gasteiger charge is -2.46. The van der Waals surface area contributed by atoms with Crippen LogP contribution in [0.4, 0.5) is 35.2 Å². The van der Waals surface area contributed by atoms with Crippen molar-refractivity contribution >= 4 is 63.4 Å². The summed E-state index contributed by atoms with van der Waals surface area (Å²) in [5, 5.41) is 6.70. The number of nitrogens with two attached hydrogens (primary N) is 1. The van der Waals surface area contributed by atoms with E-state index in [0.29, 0.717) is 63.8 Å². The van der Waals surface area contributed by atoms with Gasteiger partial charge >= 0.3 is 12.2 Å². The van der Waals surface area contributed by atoms with Crippen LogP contribution in [-0.4, -0.2) is 83.9 Å². The number of piperidine rings is 1. The normalized spacial score (nSPS) is 20.8. The lowest BCUT2D eigenvalue weighted by atomic mass is 9.65. The number of nitrogens with zero attached hydrogens (tertiary/aromatic N) is 5. The minimum absolute atomic E-state index is 0.0260. The first kappa shape index (κ1) is 46.9. The predicted octanol–water partition coefficient (Wildman–Crippen LogP) is 9.67. The summed E-state index contributed by atoms with van der Waals surface area (Å²) in [6.45, 7) is 5.75. The smallest absolute Gasteiger partial charge is 0.416 e. The molecule has 0 unspecified atom stereocenters. The highest BCUT2D eigenvalue weighted by atomic mass is 35.5. The van der Waals surface area contributed by atoms with Gasteiger partial charge in [0.15, 0.2) is 0 Å². The molecule has 66 heavy (non-hydrogen) atoms. The van der Waals surface area contributed by atoms with E-state index in [2.05, 4.69) is 20.6 Å². The molecule has 2 saturated heterocycles. The maximum Gasteiger partial charge on any atom is 0.416 e. The molecule has 2 saturated carbocycles. The lowest BCUT2D eigenvalue weighted by molar-refractivity contribution is -0.138. The summed E-state index contributed by atoms with van der Waals surface area (Å²) in [7, 11) is 3.56. The number of urea groups is 1. The van der Waals surface area contributed by atoms with Crippen LogP contribution in [0.15, 0.2) is 48.5 Å². The Kier molecular flexibility index (Phi) is 13.4. The fourth-order valence-electron chi connectivity index (χ4n) is 10.7. The number of likely N-dealkylation sites (tertiary alicyclic amines) is 1. The van der Waals surface area contributed by atoms with Crippen LogP contribution in [0.5, 0.6) is 5.75 Å². The lowest BCUT2D eigenvalue weighted by Crippen LogP contribution is -2.49. The van der Waals surface area contributed by atoms with Crippen molar-refractivity contribution in [3.8, 4) is 5.75 Å². The van der Waals surface area contributed by atoms with Gasteiger partial charge in [-0.25, -0.2) is 14.8 Å². The average Bonchev–Trinajstić information content (AvgIpc) is 3.29. The monoisotopic (exact) mass is 930 g/mol. The van der Waals surface area contributed by atoms with Crippen LogP contribution in [0, 0.1) is 24.2 Å². The van der Waals surface area contributed by atoms with E-state index < -0.39 is 23.8 Å². The second kappa shape index (κ2) is 18.9. The minimum atomic E-state index is -4.53. The number of carbonyl (C=O) groups is 4. The number of anilines is 3. The number of benzene rings is 3. The fraction of sp³-hybridized carbons (Fsp3) is 0.510. The predicted molar refractivity (Wildman–Crippen MR) is 248 cm³/mol. The molecule has 4 fully saturated rings. The zero-order valence-corrected chi connectivity index (χ0v) is 38.7. The summed E-state index contributed by atoms with van der Waals surface area (Å²) in [6, 6.07) is 11.3. The van der Waals surface area contributed by atoms with Gasteiger partial charge in [-0.2, -0.15) is 13.2 Å². The van der Waals surface area contributed by atoms with Crippen molar-refractivity contribution in [1.82, 2.24) is 25.1 Å². The number of halogens is 4. The van der Waals surface area contributed by atoms with E-state index in [1.165, 1.54) is 11.0 Å². The highest BCUT2D eigenvalue weighted by Crippen LogP contribution is 2.48. The van der Waals surface area contributed by atoms with Crippen molar-refractivity contribution in [2.75, 3.05) is 56.3 Å². The third kappa shape index (κ3) is 10.0. The van der Waals surface area contributed by atoms with Crippen molar-refractivity contribution in [2.24, 2.45) is 17.3 Å². The first-order valence-corrected chi connectivity index (χ1v) is 23.3. The van der Waals surface area contributed by atoms with Crippen LogP contribution in [0.25, 0.3) is 10.9 Å². The highest BCUT2D eigenvalue weighted by molar-refractivity contribution is 6.34. The molecule has 3 heterocycles. The second-order valence-corrected chi connectivity index (χ2v) is 19.3. The van der Waals surface area contributed by atoms with Crippen molar-refractivity contribution in [3.05, 3.63) is 81.6 Å². The summed E-state index contributed by atoms with van der Waals surface area (Å²) in [5.74, 6) is 1.92. The number of ether oxygens (including phenoxy) is 1. The van der Waals surface area contributed by atoms with E-state index in [0.717, 1.165) is 93.8 Å². The van der Waals surface area contributed by atoms with Crippen LogP contribution in [0.2, 0.25) is 5.02 Å². The number of fused-ring (bicyclic) bond motifs is 1. The number of imide groups is 1. The third-order valence-electron chi connectivity index (χ3n) is 14.6. The second-order valence-electron chi connectivity index (χ2n) is 18.9. The number of hydrogen-bond donors (Lipinski definition) is 3. The van der Waals surface area contributed by atoms with Gasteiger partial charge in [0.25, 0.3) is 5.91 Å². The zero-order valence-electron chi connectivity index (χ0n) is 37.9. The number of aromatic nitrogens is 2. The summed E-state index contributed by atoms with van der Waals surface area (Å²) >= 11 is 6.43. The molecule has 4 aromatic rings. The Bertz CT molecular complexity index is 2510. The standard InChI is InChI=1S/C49H58ClF3N8O5/c1-28(34-21-35(49(51,52)53)24-36(54)22-34)55-44-38-25-37(42(66-4)26-40(38)56-29(2)57-44)31-5-7-32(8-6-31)45(63)59(3)27-30-11-14-48(15-12-30)16-19-60(20-17-48)46(64)33-9-10-39(50)41(23-33)61-18-13-43(62)58-47(61)65/h9-10,21-26,28,30-32H,5-8,11-20,27,54H2,1-4H3,(H,55,56,57)(H,58,62,65)/t28-,31?,32?/m1/s1. The SMILES string of the molecule is COc1cc2nc(C)nc(N[C@H](C)c3cc(N)cc(C(F)(F)F)c3)c2cc1C1CCC(C(=O)N(C)CC2CCC3(CC2)CCN(C(=O)c2ccc(Cl)c(N4CCC(=O)NC4=O)c2)CC3)CC1. The summed E-state index contributed by atoms with van der Waals surface area (Å²) in [5.41, 5.74) is 8.17. The van der Waals surface area contributed by atoms with Crippen LogP contribution in [0.1, 0.15) is 122 Å². The van der Waals surface area contributed by atoms with Gasteiger partial charge in [0.2, 0.25) is 11.8 Å². The van der Waals surface area contributed by atoms with E-state index >= 15 is 0 Å². The number of nitrogen functional groups attached to an aromatic ring is 1. The van der Waals surface area contributed by atoms with Crippen LogP contribution in [-0.2, 0) is 15.8 Å². The quantitative estimate of drug-likeness (QED) is 0.132. The van der Waals surface area contributed by atoms with Gasteiger partial charge in [-0.1, -0.05) is 11.6 Å². The molecule has 352 valence electrons. The van der Waals surface area contributed by atoms with Crippen LogP contribution >= 0.6 is 11.6 Å². The van der Waals surface area contributed by atoms with Gasteiger partial charge in [-0.05, 0) is 149 Å². The molecule has 1 spiro atoms. The Labute approximate surface area is 388 Å². The largest absolute Gasteiger partial charge is 0.496 e. The number of nitrogens with one attached hydrogen (secondary N) is 2. The van der Waals surface area contributed by atoms with Gasteiger partial charge in [0.05, 0.1) is 34.9 Å². The third-order valence-corrected chi connectivity index (χ3v) is 14.9. The fourth-order valence-corrected chi connectivity index (χ4v) is 10.9. The first-order valence-electron chi connectivity index (χ1n) is 23.0. The van der Waals surface area contributed by atoms with Crippen molar-refractivity contribution in [3.63, 3.8) is 0 Å². The van der Waals surface area contributed by atoms with Crippen LogP contribution < -0.4 is 26.0 Å². The molecule has 4 N–H and O–H groups in total. The van der Waals surface area contributed by atoms with Crippen molar-refractivity contribution < 1.29 is 37.1 Å². The number of rotatable bonds is 10. The molecule has 13 nitrogen and oxygen atoms in total. The number of methoxy groups -OCH3 is 1. The van der Waals surface area contributed by atoms with E-state index in [4.69, 9.17) is 22.1 Å². The molecule has 17 heteroatoms. The number of alkyl halides is 3. The van der Waals surface area contributed by atoms with Gasteiger partial charge in [-0.3, -0.25) is 24.6 Å². The molecule has 2 aliphatic heterocycles. The van der Waals surface area contributed by atoms with E-state index in [-0.39, 0.29) is 53.6 Å². The summed E-state index contributed by atoms with van der Waals surface area (Å²) in [4.78, 5) is 66.3. The molecule has 1 atom stereocenters. The molecule has 0 bridgehead atoms. The number of hydrogen-bond acceptors (Lipinski definition) is 9. The molecule has 8 rings (SSSR count). The summed E-state index contributed by atoms with van der Waals surface area (Å²) < 4.78 is 46.8. The molecule has 0 radical (unpaired) electrons. The Balaban J connectivity index is 0.837. The molecule has 4 aliphatic rings. The van der Waals surface area contributed by atoms with Gasteiger partial charge in [0.1, 0.15) is 17.4 Å². The van der Waals surface area contributed by atoms with Gasteiger partial charge in [0, 0.05) is 68.3 Å². The Morgan fingerprint density at radius 2 is 1.70 bits per heavy atom. The van der Waals surface area contributed by atoms with Gasteiger partial charge in [-0.15, -0.1) is 0 Å². The number of amides is 5. The summed E-state index contributed by atoms with van der Waals surface area (Å²) in [6.07, 6.45) is 4.74. The number of aryl methyl sites for hydroxylation is 1. The Morgan fingerprint density at radius 1 is 0.985 bits per heavy atom.